The van der Waals surface area contributed by atoms with E-state index in [-0.39, 0.29) is 5.82 Å². The molecule has 1 aliphatic rings. The van der Waals surface area contributed by atoms with E-state index in [0.29, 0.717) is 29.5 Å². The minimum atomic E-state index is -0.410. The fraction of sp³-hybridized carbons (Fsp3) is 0.294. The number of ether oxygens (including phenoxy) is 1. The van der Waals surface area contributed by atoms with Crippen LogP contribution in [0, 0.1) is 11.6 Å². The van der Waals surface area contributed by atoms with E-state index in [1.54, 1.807) is 12.1 Å². The maximum absolute atomic E-state index is 14.1. The summed E-state index contributed by atoms with van der Waals surface area (Å²) in [6.07, 6.45) is 2.40. The summed E-state index contributed by atoms with van der Waals surface area (Å²) in [6, 6.07) is 9.63. The number of hydrogen-bond acceptors (Lipinski definition) is 2. The van der Waals surface area contributed by atoms with E-state index in [1.807, 2.05) is 0 Å². The highest BCUT2D eigenvalue weighted by molar-refractivity contribution is 5.71. The molecule has 2 nitrogen and oxygen atoms in total. The Labute approximate surface area is 122 Å². The normalized spacial score (nSPS) is 14.2. The molecule has 0 saturated heterocycles. The third-order valence-corrected chi connectivity index (χ3v) is 3.65. The van der Waals surface area contributed by atoms with Gasteiger partial charge in [-0.25, -0.2) is 8.78 Å². The fourth-order valence-corrected chi connectivity index (χ4v) is 2.33. The highest BCUT2D eigenvalue weighted by atomic mass is 19.1. The van der Waals surface area contributed by atoms with Crippen molar-refractivity contribution in [3.8, 4) is 16.9 Å². The van der Waals surface area contributed by atoms with E-state index in [1.165, 1.54) is 44.2 Å². The quantitative estimate of drug-likeness (QED) is 0.901. The van der Waals surface area contributed by atoms with Gasteiger partial charge in [0.05, 0.1) is 7.11 Å². The summed E-state index contributed by atoms with van der Waals surface area (Å²) >= 11 is 0. The first-order valence-electron chi connectivity index (χ1n) is 7.03. The predicted octanol–water partition coefficient (Wildman–Crippen LogP) is 3.89. The molecule has 0 unspecified atom stereocenters. The van der Waals surface area contributed by atoms with Gasteiger partial charge in [0.15, 0.2) is 0 Å². The Kier molecular flexibility index (Phi) is 3.88. The lowest BCUT2D eigenvalue weighted by atomic mass is 10.0. The van der Waals surface area contributed by atoms with Gasteiger partial charge in [0.2, 0.25) is 0 Å². The van der Waals surface area contributed by atoms with Crippen molar-refractivity contribution < 1.29 is 13.5 Å². The first kappa shape index (κ1) is 14.0. The SMILES string of the molecule is COc1ccc(F)cc1-c1cc(CNC2CC2)ccc1F. The first-order chi connectivity index (χ1) is 10.2. The second kappa shape index (κ2) is 5.82. The highest BCUT2D eigenvalue weighted by Gasteiger charge is 2.20. The van der Waals surface area contributed by atoms with Crippen LogP contribution in [0.5, 0.6) is 5.75 Å². The molecule has 1 fully saturated rings. The fourth-order valence-electron chi connectivity index (χ4n) is 2.33. The maximum atomic E-state index is 14.1. The van der Waals surface area contributed by atoms with Gasteiger partial charge in [0.1, 0.15) is 17.4 Å². The van der Waals surface area contributed by atoms with Gasteiger partial charge < -0.3 is 10.1 Å². The van der Waals surface area contributed by atoms with E-state index in [0.717, 1.165) is 5.56 Å². The van der Waals surface area contributed by atoms with E-state index in [4.69, 9.17) is 4.74 Å². The molecular weight excluding hydrogens is 272 g/mol. The number of methoxy groups -OCH3 is 1. The molecule has 0 heterocycles. The molecule has 0 aliphatic heterocycles. The van der Waals surface area contributed by atoms with Gasteiger partial charge in [-0.3, -0.25) is 0 Å². The molecule has 0 spiro atoms. The summed E-state index contributed by atoms with van der Waals surface area (Å²) in [7, 11) is 1.49. The minimum absolute atomic E-state index is 0.362. The van der Waals surface area contributed by atoms with E-state index in [2.05, 4.69) is 5.32 Å². The standard InChI is InChI=1S/C17H17F2NO/c1-21-17-7-3-12(18)9-15(17)14-8-11(2-6-16(14)19)10-20-13-4-5-13/h2-3,6-9,13,20H,4-5,10H2,1H3. The van der Waals surface area contributed by atoms with Crippen molar-refractivity contribution in [1.82, 2.24) is 5.32 Å². The lowest BCUT2D eigenvalue weighted by Gasteiger charge is -2.12. The molecule has 21 heavy (non-hydrogen) atoms. The summed E-state index contributed by atoms with van der Waals surface area (Å²) < 4.78 is 32.8. The van der Waals surface area contributed by atoms with Crippen LogP contribution in [0.1, 0.15) is 18.4 Å². The molecule has 0 amide bonds. The Hall–Kier alpha value is -1.94. The molecule has 110 valence electrons. The van der Waals surface area contributed by atoms with Gasteiger partial charge in [0.25, 0.3) is 0 Å². The van der Waals surface area contributed by atoms with Crippen molar-refractivity contribution >= 4 is 0 Å². The Morgan fingerprint density at radius 3 is 2.62 bits per heavy atom. The molecule has 0 bridgehead atoms. The minimum Gasteiger partial charge on any atom is -0.496 e. The second-order valence-corrected chi connectivity index (χ2v) is 5.31. The average Bonchev–Trinajstić information content (AvgIpc) is 3.30. The van der Waals surface area contributed by atoms with Crippen LogP contribution in [0.2, 0.25) is 0 Å². The molecule has 0 atom stereocenters. The molecule has 2 aromatic carbocycles. The lowest BCUT2D eigenvalue weighted by Crippen LogP contribution is -2.15. The summed E-state index contributed by atoms with van der Waals surface area (Å²) in [5.41, 5.74) is 1.77. The van der Waals surface area contributed by atoms with Crippen molar-refractivity contribution in [2.45, 2.75) is 25.4 Å². The van der Waals surface area contributed by atoms with Gasteiger partial charge in [-0.15, -0.1) is 0 Å². The average molecular weight is 289 g/mol. The number of hydrogen-bond donors (Lipinski definition) is 1. The largest absolute Gasteiger partial charge is 0.496 e. The van der Waals surface area contributed by atoms with Crippen molar-refractivity contribution in [2.24, 2.45) is 0 Å². The van der Waals surface area contributed by atoms with Crippen LogP contribution >= 0.6 is 0 Å². The first-order valence-corrected chi connectivity index (χ1v) is 7.03. The number of nitrogens with one attached hydrogen (secondary N) is 1. The summed E-state index contributed by atoms with van der Waals surface area (Å²) in [4.78, 5) is 0. The van der Waals surface area contributed by atoms with Crippen LogP contribution in [0.3, 0.4) is 0 Å². The van der Waals surface area contributed by atoms with Crippen LogP contribution in [0.4, 0.5) is 8.78 Å². The summed E-state index contributed by atoms with van der Waals surface area (Å²) in [6.45, 7) is 0.690. The van der Waals surface area contributed by atoms with Crippen molar-refractivity contribution in [2.75, 3.05) is 7.11 Å². The van der Waals surface area contributed by atoms with Crippen molar-refractivity contribution in [1.29, 1.82) is 0 Å². The van der Waals surface area contributed by atoms with E-state index >= 15 is 0 Å². The van der Waals surface area contributed by atoms with Crippen LogP contribution in [0.15, 0.2) is 36.4 Å². The molecular formula is C17H17F2NO. The number of rotatable bonds is 5. The zero-order chi connectivity index (χ0) is 14.8. The summed E-state index contributed by atoms with van der Waals surface area (Å²) in [5, 5.41) is 3.38. The highest BCUT2D eigenvalue weighted by Crippen LogP contribution is 2.33. The van der Waals surface area contributed by atoms with Gasteiger partial charge in [-0.05, 0) is 48.7 Å². The molecule has 1 aliphatic carbocycles. The third-order valence-electron chi connectivity index (χ3n) is 3.65. The maximum Gasteiger partial charge on any atom is 0.131 e. The van der Waals surface area contributed by atoms with Gasteiger partial charge in [-0.1, -0.05) is 6.07 Å². The molecule has 4 heteroatoms. The van der Waals surface area contributed by atoms with Gasteiger partial charge in [0, 0.05) is 23.7 Å². The Balaban J connectivity index is 1.95. The zero-order valence-corrected chi connectivity index (χ0v) is 11.8. The van der Waals surface area contributed by atoms with Crippen molar-refractivity contribution in [3.63, 3.8) is 0 Å². The number of benzene rings is 2. The lowest BCUT2D eigenvalue weighted by molar-refractivity contribution is 0.415. The number of halogens is 2. The smallest absolute Gasteiger partial charge is 0.131 e. The van der Waals surface area contributed by atoms with E-state index in [9.17, 15) is 8.78 Å². The van der Waals surface area contributed by atoms with Crippen molar-refractivity contribution in [3.05, 3.63) is 53.6 Å². The Morgan fingerprint density at radius 2 is 1.90 bits per heavy atom. The van der Waals surface area contributed by atoms with E-state index < -0.39 is 5.82 Å². The van der Waals surface area contributed by atoms with Gasteiger partial charge >= 0.3 is 0 Å². The van der Waals surface area contributed by atoms with Gasteiger partial charge in [-0.2, -0.15) is 0 Å². The summed E-state index contributed by atoms with van der Waals surface area (Å²) in [5.74, 6) is -0.330. The molecule has 1 saturated carbocycles. The molecule has 3 rings (SSSR count). The predicted molar refractivity (Wildman–Crippen MR) is 78.2 cm³/mol. The molecule has 1 N–H and O–H groups in total. The molecule has 0 aromatic heterocycles. The topological polar surface area (TPSA) is 21.3 Å². The monoisotopic (exact) mass is 289 g/mol. The van der Waals surface area contributed by atoms with Crippen LogP contribution in [0.25, 0.3) is 11.1 Å². The zero-order valence-electron chi connectivity index (χ0n) is 11.8. The van der Waals surface area contributed by atoms with Crippen LogP contribution < -0.4 is 10.1 Å². The second-order valence-electron chi connectivity index (χ2n) is 5.31. The Morgan fingerprint density at radius 1 is 1.10 bits per heavy atom. The third kappa shape index (κ3) is 3.22. The van der Waals surface area contributed by atoms with Crippen LogP contribution in [-0.4, -0.2) is 13.2 Å². The Bertz CT molecular complexity index is 653. The molecule has 2 aromatic rings. The van der Waals surface area contributed by atoms with Crippen LogP contribution in [-0.2, 0) is 6.54 Å². The molecule has 0 radical (unpaired) electrons.